The van der Waals surface area contributed by atoms with Crippen molar-refractivity contribution in [2.45, 2.75) is 13.0 Å². The molecule has 2 nitrogen and oxygen atoms in total. The van der Waals surface area contributed by atoms with Crippen LogP contribution < -0.4 is 5.73 Å². The topological polar surface area (TPSA) is 38.4 Å². The molecule has 0 spiro atoms. The molecule has 0 aromatic carbocycles. The van der Waals surface area contributed by atoms with E-state index in [0.29, 0.717) is 0 Å². The number of aliphatic imine (C=N–C) groups is 1. The molecule has 2 N–H and O–H groups in total. The summed E-state index contributed by atoms with van der Waals surface area (Å²) in [5.41, 5.74) is 7.75. The van der Waals surface area contributed by atoms with Crippen LogP contribution in [-0.2, 0) is 0 Å². The molecule has 0 aromatic rings. The van der Waals surface area contributed by atoms with Gasteiger partial charge in [0.05, 0.1) is 5.71 Å². The second-order valence-corrected chi connectivity index (χ2v) is 2.81. The third-order valence-electron chi connectivity index (χ3n) is 1.62. The lowest BCUT2D eigenvalue weighted by Crippen LogP contribution is -2.13. The Labute approximate surface area is 73.2 Å². The van der Waals surface area contributed by atoms with E-state index in [1.165, 1.54) is 0 Å². The molecule has 0 bridgehead atoms. The van der Waals surface area contributed by atoms with Crippen LogP contribution in [0.3, 0.4) is 0 Å². The Bertz CT molecular complexity index is 268. The highest BCUT2D eigenvalue weighted by Gasteiger charge is 2.02. The molecule has 12 heavy (non-hydrogen) atoms. The van der Waals surface area contributed by atoms with Crippen molar-refractivity contribution in [3.05, 3.63) is 36.0 Å². The van der Waals surface area contributed by atoms with E-state index in [1.54, 1.807) is 7.05 Å². The zero-order valence-corrected chi connectivity index (χ0v) is 7.49. The molecule has 0 radical (unpaired) electrons. The van der Waals surface area contributed by atoms with Gasteiger partial charge in [-0.15, -0.1) is 0 Å². The Hall–Kier alpha value is -1.15. The van der Waals surface area contributed by atoms with Gasteiger partial charge in [-0.25, -0.2) is 0 Å². The largest absolute Gasteiger partial charge is 0.325 e. The maximum absolute atomic E-state index is 5.65. The van der Waals surface area contributed by atoms with Gasteiger partial charge in [-0.2, -0.15) is 0 Å². The molecule has 1 unspecified atom stereocenters. The van der Waals surface area contributed by atoms with Crippen molar-refractivity contribution in [2.75, 3.05) is 7.05 Å². The summed E-state index contributed by atoms with van der Waals surface area (Å²) in [5, 5.41) is 0. The first-order valence-corrected chi connectivity index (χ1v) is 4.03. The monoisotopic (exact) mass is 162 g/mol. The van der Waals surface area contributed by atoms with E-state index in [-0.39, 0.29) is 6.04 Å². The van der Waals surface area contributed by atoms with Crippen molar-refractivity contribution < 1.29 is 0 Å². The lowest BCUT2D eigenvalue weighted by atomic mass is 10.0. The maximum atomic E-state index is 5.65. The second-order valence-electron chi connectivity index (χ2n) is 2.81. The van der Waals surface area contributed by atoms with Crippen molar-refractivity contribution in [3.63, 3.8) is 0 Å². The van der Waals surface area contributed by atoms with E-state index in [4.69, 9.17) is 5.73 Å². The van der Waals surface area contributed by atoms with Gasteiger partial charge in [-0.3, -0.25) is 4.99 Å². The first-order chi connectivity index (χ1) is 5.74. The van der Waals surface area contributed by atoms with Gasteiger partial charge in [0.25, 0.3) is 0 Å². The van der Waals surface area contributed by atoms with Gasteiger partial charge < -0.3 is 5.73 Å². The summed E-state index contributed by atoms with van der Waals surface area (Å²) < 4.78 is 0. The predicted octanol–water partition coefficient (Wildman–Crippen LogP) is 1.46. The van der Waals surface area contributed by atoms with E-state index < -0.39 is 0 Å². The first kappa shape index (κ1) is 8.94. The van der Waals surface area contributed by atoms with Crippen molar-refractivity contribution in [2.24, 2.45) is 10.7 Å². The van der Waals surface area contributed by atoms with Gasteiger partial charge in [0.2, 0.25) is 0 Å². The minimum atomic E-state index is 0.0768. The molecule has 0 heterocycles. The van der Waals surface area contributed by atoms with Crippen molar-refractivity contribution in [1.82, 2.24) is 0 Å². The van der Waals surface area contributed by atoms with Crippen LogP contribution >= 0.6 is 0 Å². The Morgan fingerprint density at radius 1 is 1.42 bits per heavy atom. The Balaban J connectivity index is 2.90. The third-order valence-corrected chi connectivity index (χ3v) is 1.62. The van der Waals surface area contributed by atoms with Crippen LogP contribution in [0.5, 0.6) is 0 Å². The number of nitrogens with zero attached hydrogens (tertiary/aromatic N) is 1. The molecular weight excluding hydrogens is 148 g/mol. The molecule has 1 atom stereocenters. The lowest BCUT2D eigenvalue weighted by Gasteiger charge is -2.06. The van der Waals surface area contributed by atoms with Crippen LogP contribution in [0.2, 0.25) is 0 Å². The smallest absolute Gasteiger partial charge is 0.0640 e. The maximum Gasteiger partial charge on any atom is 0.0640 e. The molecular formula is C10H14N2. The summed E-state index contributed by atoms with van der Waals surface area (Å²) in [6.07, 6.45) is 9.96. The van der Waals surface area contributed by atoms with Crippen molar-refractivity contribution in [3.8, 4) is 0 Å². The number of nitrogens with two attached hydrogens (primary N) is 1. The summed E-state index contributed by atoms with van der Waals surface area (Å²) in [4.78, 5) is 4.14. The molecule has 0 fully saturated rings. The van der Waals surface area contributed by atoms with Gasteiger partial charge in [0.1, 0.15) is 0 Å². The third kappa shape index (κ3) is 2.17. The zero-order valence-electron chi connectivity index (χ0n) is 7.49. The normalized spacial score (nSPS) is 25.2. The number of hydrogen-bond acceptors (Lipinski definition) is 2. The highest BCUT2D eigenvalue weighted by atomic mass is 14.7. The van der Waals surface area contributed by atoms with Gasteiger partial charge in [-0.05, 0) is 18.6 Å². The second kappa shape index (κ2) is 4.02. The number of allylic oxidation sites excluding steroid dienone is 5. The molecule has 0 saturated carbocycles. The van der Waals surface area contributed by atoms with Gasteiger partial charge in [-0.1, -0.05) is 24.3 Å². The molecule has 0 amide bonds. The molecule has 1 rings (SSSR count). The highest BCUT2D eigenvalue weighted by molar-refractivity contribution is 6.11. The van der Waals surface area contributed by atoms with E-state index in [9.17, 15) is 0 Å². The van der Waals surface area contributed by atoms with E-state index in [2.05, 4.69) is 4.99 Å². The lowest BCUT2D eigenvalue weighted by molar-refractivity contribution is 0.923. The first-order valence-electron chi connectivity index (χ1n) is 4.03. The van der Waals surface area contributed by atoms with Crippen LogP contribution in [0.1, 0.15) is 6.92 Å². The average molecular weight is 162 g/mol. The van der Waals surface area contributed by atoms with Crippen LogP contribution in [0.15, 0.2) is 40.9 Å². The predicted molar refractivity (Wildman–Crippen MR) is 53.4 cm³/mol. The molecule has 1 aliphatic rings. The molecule has 64 valence electrons. The highest BCUT2D eigenvalue weighted by Crippen LogP contribution is 2.08. The summed E-state index contributed by atoms with van der Waals surface area (Å²) in [6, 6.07) is 0.0768. The fourth-order valence-corrected chi connectivity index (χ4v) is 1.12. The molecule has 0 aromatic heterocycles. The average Bonchev–Trinajstić information content (AvgIpc) is 2.04. The molecule has 0 saturated heterocycles. The Kier molecular flexibility index (Phi) is 3.00. The van der Waals surface area contributed by atoms with E-state index >= 15 is 0 Å². The standard InChI is InChI=1S/C10H14N2/c1-8(11)7-9-5-3-4-6-10(9)12-2/h3-8H,11H2,1-2H3/b9-7-,12-10?. The number of rotatable bonds is 1. The fourth-order valence-electron chi connectivity index (χ4n) is 1.12. The molecule has 2 heteroatoms. The van der Waals surface area contributed by atoms with Crippen LogP contribution in [0.4, 0.5) is 0 Å². The SMILES string of the molecule is CN=C1C=CC=C/C1=C/C(C)N. The van der Waals surface area contributed by atoms with Gasteiger partial charge >= 0.3 is 0 Å². The minimum absolute atomic E-state index is 0.0768. The van der Waals surface area contributed by atoms with Gasteiger partial charge in [0.15, 0.2) is 0 Å². The van der Waals surface area contributed by atoms with Crippen molar-refractivity contribution in [1.29, 1.82) is 0 Å². The van der Waals surface area contributed by atoms with E-state index in [0.717, 1.165) is 11.3 Å². The summed E-state index contributed by atoms with van der Waals surface area (Å²) in [7, 11) is 1.79. The van der Waals surface area contributed by atoms with Crippen LogP contribution in [0, 0.1) is 0 Å². The number of hydrogen-bond donors (Lipinski definition) is 1. The summed E-state index contributed by atoms with van der Waals surface area (Å²) >= 11 is 0. The van der Waals surface area contributed by atoms with E-state index in [1.807, 2.05) is 37.3 Å². The molecule has 0 aliphatic heterocycles. The summed E-state index contributed by atoms with van der Waals surface area (Å²) in [5.74, 6) is 0. The zero-order chi connectivity index (χ0) is 8.97. The Morgan fingerprint density at radius 2 is 2.08 bits per heavy atom. The Morgan fingerprint density at radius 3 is 2.67 bits per heavy atom. The quantitative estimate of drug-likeness (QED) is 0.622. The summed E-state index contributed by atoms with van der Waals surface area (Å²) in [6.45, 7) is 1.95. The van der Waals surface area contributed by atoms with Gasteiger partial charge in [0, 0.05) is 13.1 Å². The minimum Gasteiger partial charge on any atom is -0.325 e. The van der Waals surface area contributed by atoms with Crippen LogP contribution in [-0.4, -0.2) is 18.8 Å². The van der Waals surface area contributed by atoms with Crippen molar-refractivity contribution >= 4 is 5.71 Å². The fraction of sp³-hybridized carbons (Fsp3) is 0.300. The van der Waals surface area contributed by atoms with Crippen LogP contribution in [0.25, 0.3) is 0 Å². The molecule has 1 aliphatic carbocycles.